The van der Waals surface area contributed by atoms with Crippen LogP contribution in [0.25, 0.3) is 0 Å². The van der Waals surface area contributed by atoms with E-state index in [4.69, 9.17) is 9.47 Å². The van der Waals surface area contributed by atoms with Crippen molar-refractivity contribution in [3.8, 4) is 5.75 Å². The zero-order chi connectivity index (χ0) is 37.7. The summed E-state index contributed by atoms with van der Waals surface area (Å²) in [6.45, 7) is 2.31. The second-order valence-electron chi connectivity index (χ2n) is 15.7. The molecule has 3 aliphatic carbocycles. The number of carboxylic acids is 1. The van der Waals surface area contributed by atoms with Crippen molar-refractivity contribution in [2.45, 2.75) is 140 Å². The van der Waals surface area contributed by atoms with Gasteiger partial charge in [0.05, 0.1) is 23.2 Å². The van der Waals surface area contributed by atoms with Crippen LogP contribution in [0.15, 0.2) is 18.2 Å². The molecular formula is C41H60N2O9S. The van der Waals surface area contributed by atoms with Crippen LogP contribution in [-0.2, 0) is 41.6 Å². The summed E-state index contributed by atoms with van der Waals surface area (Å²) in [6, 6.07) is 5.83. The molecule has 5 rings (SSSR count). The number of nitrogens with one attached hydrogen (secondary N) is 2. The van der Waals surface area contributed by atoms with E-state index < -0.39 is 24.4 Å². The van der Waals surface area contributed by atoms with Crippen molar-refractivity contribution in [2.24, 2.45) is 29.6 Å². The molecule has 1 aliphatic heterocycles. The molecule has 0 radical (unpaired) electrons. The standard InChI is InChI=1S/C41H60N2O9S/c1-2-3-6-13-28(44)17-18-29-32-21-26-12-11-16-34(51-25-38(46)47)33(26)22-27(32)23-35(29)52-41(50)31-15-8-7-14-30(31)39(48)42-19-9-4-5-10-20-53-36-24-37(45)43-40(36)49/h11-12,16,27-32,35-36,44H,2-10,13-15,17-25H2,1H3,(H,42,48)(H,46,47)(H,43,45,49)/t27-,28-,29+,30-,31?,32-,35+,36?/m0/s1. The highest BCUT2D eigenvalue weighted by atomic mass is 32.2. The fraction of sp³-hybridized carbons (Fsp3) is 0.732. The molecule has 1 aromatic carbocycles. The molecule has 0 aromatic heterocycles. The number of unbranched alkanes of at least 4 members (excludes halogenated alkanes) is 5. The summed E-state index contributed by atoms with van der Waals surface area (Å²) in [7, 11) is 0. The van der Waals surface area contributed by atoms with Crippen LogP contribution in [0.1, 0.15) is 121 Å². The van der Waals surface area contributed by atoms with Crippen LogP contribution in [0.5, 0.6) is 5.75 Å². The number of aliphatic carboxylic acids is 1. The molecular weight excluding hydrogens is 697 g/mol. The quantitative estimate of drug-likeness (QED) is 0.0687. The molecule has 294 valence electrons. The number of aliphatic hydroxyl groups is 1. The third-order valence-corrected chi connectivity index (χ3v) is 13.2. The molecule has 1 aromatic rings. The van der Waals surface area contributed by atoms with E-state index in [1.807, 2.05) is 12.1 Å². The third-order valence-electron chi connectivity index (χ3n) is 11.9. The van der Waals surface area contributed by atoms with E-state index in [2.05, 4.69) is 23.6 Å². The van der Waals surface area contributed by atoms with Crippen molar-refractivity contribution in [3.63, 3.8) is 0 Å². The lowest BCUT2D eigenvalue weighted by Gasteiger charge is -2.33. The summed E-state index contributed by atoms with van der Waals surface area (Å²) in [6.07, 6.45) is 14.0. The molecule has 3 amide bonds. The van der Waals surface area contributed by atoms with Gasteiger partial charge in [0.25, 0.3) is 0 Å². The number of thioether (sulfide) groups is 1. The Labute approximate surface area is 318 Å². The monoisotopic (exact) mass is 756 g/mol. The highest BCUT2D eigenvalue weighted by Crippen LogP contribution is 2.50. The summed E-state index contributed by atoms with van der Waals surface area (Å²) in [5.74, 6) is -0.606. The smallest absolute Gasteiger partial charge is 0.341 e. The van der Waals surface area contributed by atoms with E-state index in [0.29, 0.717) is 38.0 Å². The van der Waals surface area contributed by atoms with E-state index in [1.54, 1.807) is 0 Å². The summed E-state index contributed by atoms with van der Waals surface area (Å²) >= 11 is 1.53. The Balaban J connectivity index is 1.14. The van der Waals surface area contributed by atoms with E-state index in [1.165, 1.54) is 11.8 Å². The Kier molecular flexibility index (Phi) is 15.9. The van der Waals surface area contributed by atoms with Gasteiger partial charge < -0.3 is 25.0 Å². The Bertz CT molecular complexity index is 1420. The van der Waals surface area contributed by atoms with E-state index in [0.717, 1.165) is 100 Å². The Morgan fingerprint density at radius 2 is 1.77 bits per heavy atom. The van der Waals surface area contributed by atoms with E-state index in [-0.39, 0.29) is 65.3 Å². The van der Waals surface area contributed by atoms with Crippen LogP contribution in [0, 0.1) is 29.6 Å². The number of hydrogen-bond donors (Lipinski definition) is 4. The lowest BCUT2D eigenvalue weighted by Crippen LogP contribution is -2.42. The van der Waals surface area contributed by atoms with Gasteiger partial charge in [-0.1, -0.05) is 64.0 Å². The maximum absolute atomic E-state index is 14.0. The van der Waals surface area contributed by atoms with Crippen LogP contribution in [-0.4, -0.2) is 76.2 Å². The first-order valence-corrected chi connectivity index (χ1v) is 21.3. The summed E-state index contributed by atoms with van der Waals surface area (Å²) in [4.78, 5) is 61.8. The molecule has 11 nitrogen and oxygen atoms in total. The van der Waals surface area contributed by atoms with Gasteiger partial charge >= 0.3 is 11.9 Å². The molecule has 2 saturated carbocycles. The van der Waals surface area contributed by atoms with Crippen molar-refractivity contribution in [3.05, 3.63) is 29.3 Å². The van der Waals surface area contributed by atoms with Crippen molar-refractivity contribution >= 4 is 41.4 Å². The number of hydrogen-bond acceptors (Lipinski definition) is 9. The Hall–Kier alpha value is -3.12. The highest BCUT2D eigenvalue weighted by Gasteiger charge is 2.48. The minimum Gasteiger partial charge on any atom is -0.482 e. The zero-order valence-electron chi connectivity index (χ0n) is 31.4. The lowest BCUT2D eigenvalue weighted by atomic mass is 9.73. The second-order valence-corrected chi connectivity index (χ2v) is 17.0. The molecule has 4 aliphatic rings. The van der Waals surface area contributed by atoms with Gasteiger partial charge in [-0.3, -0.25) is 24.5 Å². The molecule has 8 atom stereocenters. The maximum Gasteiger partial charge on any atom is 0.341 e. The molecule has 4 N–H and O–H groups in total. The predicted octanol–water partition coefficient (Wildman–Crippen LogP) is 5.77. The molecule has 53 heavy (non-hydrogen) atoms. The van der Waals surface area contributed by atoms with E-state index in [9.17, 15) is 34.2 Å². The minimum atomic E-state index is -1.02. The number of rotatable bonds is 21. The van der Waals surface area contributed by atoms with Gasteiger partial charge in [-0.05, 0) is 105 Å². The number of benzene rings is 1. The molecule has 1 saturated heterocycles. The largest absolute Gasteiger partial charge is 0.482 e. The minimum absolute atomic E-state index is 0.0738. The summed E-state index contributed by atoms with van der Waals surface area (Å²) in [5.41, 5.74) is 2.19. The topological polar surface area (TPSA) is 168 Å². The number of aliphatic hydroxyl groups excluding tert-OH is 1. The number of esters is 1. The molecule has 1 heterocycles. The normalized spacial score (nSPS) is 27.0. The number of carbonyl (C=O) groups is 5. The average Bonchev–Trinajstić information content (AvgIpc) is 3.65. The zero-order valence-corrected chi connectivity index (χ0v) is 32.2. The number of ether oxygens (including phenoxy) is 2. The third kappa shape index (κ3) is 11.7. The fourth-order valence-corrected chi connectivity index (χ4v) is 10.3. The first-order chi connectivity index (χ1) is 25.6. The molecule has 3 fully saturated rings. The number of carboxylic acid groups (broad SMARTS) is 1. The molecule has 0 spiro atoms. The lowest BCUT2D eigenvalue weighted by molar-refractivity contribution is -0.162. The van der Waals surface area contributed by atoms with Crippen molar-refractivity contribution in [1.29, 1.82) is 0 Å². The van der Waals surface area contributed by atoms with Gasteiger partial charge in [0, 0.05) is 13.0 Å². The SMILES string of the molecule is CCCCC[C@H](O)CC[C@@H]1[C@H]2Cc3cccc(OCC(=O)O)c3C[C@H]2C[C@H]1OC(=O)C1CCCC[C@@H]1C(=O)NCCCCCCSC1CC(=O)NC1=O. The van der Waals surface area contributed by atoms with Crippen LogP contribution in [0.3, 0.4) is 0 Å². The van der Waals surface area contributed by atoms with Gasteiger partial charge in [0.2, 0.25) is 17.7 Å². The summed E-state index contributed by atoms with van der Waals surface area (Å²) in [5, 5.41) is 25.2. The Morgan fingerprint density at radius 1 is 0.981 bits per heavy atom. The van der Waals surface area contributed by atoms with Crippen LogP contribution >= 0.6 is 11.8 Å². The van der Waals surface area contributed by atoms with Crippen LogP contribution in [0.4, 0.5) is 0 Å². The number of fused-ring (bicyclic) bond motifs is 2. The first kappa shape index (κ1) is 41.1. The number of carbonyl (C=O) groups excluding carboxylic acids is 4. The van der Waals surface area contributed by atoms with Crippen molar-refractivity contribution in [1.82, 2.24) is 10.6 Å². The molecule has 2 unspecified atom stereocenters. The predicted molar refractivity (Wildman–Crippen MR) is 202 cm³/mol. The van der Waals surface area contributed by atoms with Gasteiger partial charge in [-0.25, -0.2) is 4.79 Å². The number of amides is 3. The van der Waals surface area contributed by atoms with Gasteiger partial charge in [0.15, 0.2) is 6.61 Å². The molecule has 12 heteroatoms. The summed E-state index contributed by atoms with van der Waals surface area (Å²) < 4.78 is 12.1. The van der Waals surface area contributed by atoms with Crippen molar-refractivity contribution < 1.29 is 43.7 Å². The van der Waals surface area contributed by atoms with Crippen LogP contribution in [0.2, 0.25) is 0 Å². The average molecular weight is 757 g/mol. The van der Waals surface area contributed by atoms with Gasteiger partial charge in [0.1, 0.15) is 11.9 Å². The maximum atomic E-state index is 14.0. The highest BCUT2D eigenvalue weighted by molar-refractivity contribution is 8.00. The molecule has 0 bridgehead atoms. The van der Waals surface area contributed by atoms with E-state index >= 15 is 0 Å². The first-order valence-electron chi connectivity index (χ1n) is 20.2. The van der Waals surface area contributed by atoms with Crippen molar-refractivity contribution in [2.75, 3.05) is 18.9 Å². The van der Waals surface area contributed by atoms with Gasteiger partial charge in [-0.15, -0.1) is 11.8 Å². The fourth-order valence-electron chi connectivity index (χ4n) is 9.12. The Morgan fingerprint density at radius 3 is 2.53 bits per heavy atom. The number of imide groups is 1. The van der Waals surface area contributed by atoms with Gasteiger partial charge in [-0.2, -0.15) is 0 Å². The second kappa shape index (κ2) is 20.5. The van der Waals surface area contributed by atoms with Crippen LogP contribution < -0.4 is 15.4 Å².